The van der Waals surface area contributed by atoms with E-state index in [2.05, 4.69) is 25.6 Å². The average Bonchev–Trinajstić information content (AvgIpc) is 3.19. The molecule has 0 bridgehead atoms. The van der Waals surface area contributed by atoms with Crippen LogP contribution in [0.25, 0.3) is 10.6 Å². The quantitative estimate of drug-likeness (QED) is 0.264. The Labute approximate surface area is 211 Å². The van der Waals surface area contributed by atoms with E-state index in [9.17, 15) is 34.9 Å². The summed E-state index contributed by atoms with van der Waals surface area (Å²) in [6.07, 6.45) is 0.898. The van der Waals surface area contributed by atoms with E-state index in [1.807, 2.05) is 0 Å². The van der Waals surface area contributed by atoms with Crippen LogP contribution in [0.2, 0.25) is 0 Å². The highest BCUT2D eigenvalue weighted by molar-refractivity contribution is 7.86. The predicted molar refractivity (Wildman–Crippen MR) is 122 cm³/mol. The Bertz CT molecular complexity index is 1330. The van der Waals surface area contributed by atoms with Crippen LogP contribution >= 0.6 is 11.3 Å². The van der Waals surface area contributed by atoms with Gasteiger partial charge in [-0.2, -0.15) is 13.2 Å². The third-order valence-electron chi connectivity index (χ3n) is 4.94. The van der Waals surface area contributed by atoms with Crippen LogP contribution in [0.3, 0.4) is 0 Å². The Morgan fingerprint density at radius 3 is 2.70 bits per heavy atom. The fourth-order valence-electron chi connectivity index (χ4n) is 3.40. The summed E-state index contributed by atoms with van der Waals surface area (Å²) >= 11 is 1.04. The highest BCUT2D eigenvalue weighted by atomic mass is 32.2. The highest BCUT2D eigenvalue weighted by Gasteiger charge is 2.36. The number of hydrogen-bond donors (Lipinski definition) is 3. The van der Waals surface area contributed by atoms with Gasteiger partial charge in [0.05, 0.1) is 17.2 Å². The van der Waals surface area contributed by atoms with Gasteiger partial charge in [-0.15, -0.1) is 11.3 Å². The summed E-state index contributed by atoms with van der Waals surface area (Å²) in [6, 6.07) is 1.15. The molecule has 200 valence electrons. The standard InChI is InChI=1S/C20H17F7N6O2S2/c1-8-30-17(35-12-4-10(21)15(14(23)13(12)22)33-37(34)18(24)25)16(36-8)11-2-3-29-19(32-11)31-9-5-20(26,27)7-28-6-9/h2-4,9,18,28,33H,5-7H2,1H3,(H,29,31,32). The van der Waals surface area contributed by atoms with Gasteiger partial charge >= 0.3 is 5.76 Å². The van der Waals surface area contributed by atoms with Crippen LogP contribution in [-0.2, 0) is 11.0 Å². The number of benzene rings is 1. The van der Waals surface area contributed by atoms with Gasteiger partial charge in [-0.05, 0) is 13.0 Å². The first kappa shape index (κ1) is 27.0. The van der Waals surface area contributed by atoms with Gasteiger partial charge in [-0.25, -0.2) is 36.7 Å². The molecule has 1 aromatic carbocycles. The van der Waals surface area contributed by atoms with Crippen molar-refractivity contribution in [1.29, 1.82) is 0 Å². The first-order valence-electron chi connectivity index (χ1n) is 10.4. The number of thiazole rings is 1. The zero-order valence-electron chi connectivity index (χ0n) is 18.6. The van der Waals surface area contributed by atoms with Crippen molar-refractivity contribution in [3.8, 4) is 22.2 Å². The van der Waals surface area contributed by atoms with Crippen molar-refractivity contribution in [3.05, 3.63) is 40.8 Å². The molecule has 0 aliphatic carbocycles. The lowest BCUT2D eigenvalue weighted by molar-refractivity contribution is -0.0244. The number of nitrogens with zero attached hydrogens (tertiary/aromatic N) is 3. The van der Waals surface area contributed by atoms with Crippen LogP contribution in [0.1, 0.15) is 11.4 Å². The van der Waals surface area contributed by atoms with Gasteiger partial charge < -0.3 is 15.4 Å². The van der Waals surface area contributed by atoms with E-state index >= 15 is 0 Å². The molecule has 1 saturated heterocycles. The van der Waals surface area contributed by atoms with Crippen molar-refractivity contribution >= 4 is 34.0 Å². The Kier molecular flexibility index (Phi) is 7.84. The first-order chi connectivity index (χ1) is 17.4. The minimum Gasteiger partial charge on any atom is -0.434 e. The molecule has 2 aromatic heterocycles. The van der Waals surface area contributed by atoms with Crippen molar-refractivity contribution < 1.29 is 39.7 Å². The molecule has 4 rings (SSSR count). The molecule has 2 unspecified atom stereocenters. The summed E-state index contributed by atoms with van der Waals surface area (Å²) < 4.78 is 113. The summed E-state index contributed by atoms with van der Waals surface area (Å²) in [5.41, 5.74) is -1.16. The van der Waals surface area contributed by atoms with Crippen molar-refractivity contribution in [2.75, 3.05) is 23.1 Å². The molecular formula is C20H17F7N6O2S2. The molecule has 0 saturated carbocycles. The molecule has 37 heavy (non-hydrogen) atoms. The number of alkyl halides is 4. The van der Waals surface area contributed by atoms with Crippen LogP contribution in [0.4, 0.5) is 42.4 Å². The molecule has 1 aliphatic heterocycles. The Hall–Kier alpha value is -3.05. The molecule has 17 heteroatoms. The van der Waals surface area contributed by atoms with Crippen molar-refractivity contribution in [2.24, 2.45) is 0 Å². The van der Waals surface area contributed by atoms with E-state index < -0.39 is 70.6 Å². The normalized spacial score (nSPS) is 18.0. The zero-order valence-corrected chi connectivity index (χ0v) is 20.3. The second-order valence-electron chi connectivity index (χ2n) is 7.79. The number of anilines is 2. The third kappa shape index (κ3) is 6.27. The molecular weight excluding hydrogens is 553 g/mol. The lowest BCUT2D eigenvalue weighted by Crippen LogP contribution is -2.49. The first-order valence-corrected chi connectivity index (χ1v) is 12.4. The number of rotatable bonds is 8. The monoisotopic (exact) mass is 570 g/mol. The van der Waals surface area contributed by atoms with Gasteiger partial charge in [-0.1, -0.05) is 0 Å². The summed E-state index contributed by atoms with van der Waals surface area (Å²) in [5.74, 6) is -12.8. The van der Waals surface area contributed by atoms with Crippen LogP contribution in [-0.4, -0.2) is 50.0 Å². The van der Waals surface area contributed by atoms with E-state index in [-0.39, 0.29) is 28.9 Å². The molecule has 0 radical (unpaired) electrons. The van der Waals surface area contributed by atoms with E-state index in [1.165, 1.54) is 17.0 Å². The van der Waals surface area contributed by atoms with Gasteiger partial charge in [0.25, 0.3) is 5.92 Å². The van der Waals surface area contributed by atoms with Crippen LogP contribution < -0.4 is 20.1 Å². The largest absolute Gasteiger partial charge is 0.434 e. The maximum absolute atomic E-state index is 14.6. The van der Waals surface area contributed by atoms with E-state index in [0.717, 1.165) is 11.3 Å². The lowest BCUT2D eigenvalue weighted by Gasteiger charge is -2.30. The number of ether oxygens (including phenoxy) is 1. The van der Waals surface area contributed by atoms with Crippen molar-refractivity contribution in [3.63, 3.8) is 0 Å². The second-order valence-corrected chi connectivity index (χ2v) is 10.1. The fraction of sp³-hybridized carbons (Fsp3) is 0.350. The second kappa shape index (κ2) is 10.7. The van der Waals surface area contributed by atoms with Gasteiger partial charge in [0.15, 0.2) is 28.4 Å². The number of hydrogen-bond acceptors (Lipinski definition) is 8. The van der Waals surface area contributed by atoms with Crippen LogP contribution in [0.5, 0.6) is 11.6 Å². The predicted octanol–water partition coefficient (Wildman–Crippen LogP) is 4.83. The van der Waals surface area contributed by atoms with Gasteiger partial charge in [-0.3, -0.25) is 4.72 Å². The minimum absolute atomic E-state index is 0.0183. The number of piperidine rings is 1. The molecule has 0 spiro atoms. The molecule has 1 fully saturated rings. The van der Waals surface area contributed by atoms with Gasteiger partial charge in [0, 0.05) is 31.3 Å². The molecule has 1 aliphatic rings. The SMILES string of the molecule is Cc1nc(Oc2cc(F)c(NS(=O)C(F)F)c(F)c2F)c(-c2ccnc(NC3CNCC(F)(F)C3)n2)s1. The highest BCUT2D eigenvalue weighted by Crippen LogP contribution is 2.39. The van der Waals surface area contributed by atoms with E-state index in [0.29, 0.717) is 11.1 Å². The average molecular weight is 571 g/mol. The summed E-state index contributed by atoms with van der Waals surface area (Å²) in [7, 11) is -3.18. The molecule has 0 amide bonds. The van der Waals surface area contributed by atoms with Crippen LogP contribution in [0.15, 0.2) is 18.3 Å². The van der Waals surface area contributed by atoms with Crippen LogP contribution in [0, 0.1) is 24.4 Å². The van der Waals surface area contributed by atoms with Crippen molar-refractivity contribution in [1.82, 2.24) is 20.3 Å². The number of halogens is 7. The Morgan fingerprint density at radius 1 is 1.24 bits per heavy atom. The van der Waals surface area contributed by atoms with Gasteiger partial charge in [0.2, 0.25) is 17.6 Å². The summed E-state index contributed by atoms with van der Waals surface area (Å²) in [6.45, 7) is 1.39. The van der Waals surface area contributed by atoms with E-state index in [4.69, 9.17) is 4.74 Å². The van der Waals surface area contributed by atoms with Crippen molar-refractivity contribution in [2.45, 2.75) is 31.1 Å². The fourth-order valence-corrected chi connectivity index (χ4v) is 4.70. The maximum atomic E-state index is 14.6. The number of nitrogens with one attached hydrogen (secondary N) is 3. The molecule has 2 atom stereocenters. The summed E-state index contributed by atoms with van der Waals surface area (Å²) in [4.78, 5) is 12.6. The van der Waals surface area contributed by atoms with E-state index in [1.54, 1.807) is 6.92 Å². The zero-order chi connectivity index (χ0) is 26.9. The number of aryl methyl sites for hydroxylation is 1. The molecule has 3 heterocycles. The van der Waals surface area contributed by atoms with Gasteiger partial charge in [0.1, 0.15) is 10.6 Å². The molecule has 3 N–H and O–H groups in total. The summed E-state index contributed by atoms with van der Waals surface area (Å²) in [5, 5.41) is 5.83. The topological polar surface area (TPSA) is 101 Å². The third-order valence-corrected chi connectivity index (χ3v) is 6.64. The Balaban J connectivity index is 1.60. The molecule has 8 nitrogen and oxygen atoms in total. The number of aromatic nitrogens is 3. The smallest absolute Gasteiger partial charge is 0.330 e. The minimum atomic E-state index is -3.48. The lowest BCUT2D eigenvalue weighted by atomic mass is 10.0. The molecule has 3 aromatic rings. The Morgan fingerprint density at radius 2 is 2.00 bits per heavy atom. The maximum Gasteiger partial charge on any atom is 0.330 e.